The molecule has 2 radical (unpaired) electrons. The van der Waals surface area contributed by atoms with Crippen molar-refractivity contribution >= 4 is 0 Å². The van der Waals surface area contributed by atoms with Gasteiger partial charge in [0.05, 0.1) is 0 Å². The van der Waals surface area contributed by atoms with Crippen LogP contribution in [0.1, 0.15) is 72.1 Å². The molecule has 0 spiro atoms. The molecule has 2 aliphatic rings. The van der Waals surface area contributed by atoms with Crippen LogP contribution in [-0.4, -0.2) is 9.80 Å². The van der Waals surface area contributed by atoms with Crippen molar-refractivity contribution in [1.29, 1.82) is 0 Å². The summed E-state index contributed by atoms with van der Waals surface area (Å²) >= 11 is 0. The number of rotatable bonds is 6. The van der Waals surface area contributed by atoms with Crippen LogP contribution in [0.25, 0.3) is 0 Å². The Morgan fingerprint density at radius 1 is 0.371 bits per heavy atom. The van der Waals surface area contributed by atoms with Gasteiger partial charge in [0.25, 0.3) is 0 Å². The van der Waals surface area contributed by atoms with Crippen LogP contribution < -0.4 is 0 Å². The average molecular weight is 457 g/mol. The Morgan fingerprint density at radius 2 is 0.600 bits per heavy atom. The van der Waals surface area contributed by atoms with Crippen LogP contribution in [0, 0.1) is 6.67 Å². The summed E-state index contributed by atoms with van der Waals surface area (Å²) in [6.07, 6.45) is 4.54. The molecule has 0 amide bonds. The van der Waals surface area contributed by atoms with Gasteiger partial charge in [-0.1, -0.05) is 121 Å². The highest BCUT2D eigenvalue weighted by Crippen LogP contribution is 2.50. The number of likely N-dealkylation sites (tertiary alicyclic amines) is 2. The molecule has 4 aromatic rings. The molecular formula is C33H32N2. The lowest BCUT2D eigenvalue weighted by Gasteiger charge is -2.38. The second-order valence-corrected chi connectivity index (χ2v) is 9.78. The van der Waals surface area contributed by atoms with E-state index in [4.69, 9.17) is 0 Å². The summed E-state index contributed by atoms with van der Waals surface area (Å²) in [6, 6.07) is 45.3. The van der Waals surface area contributed by atoms with Gasteiger partial charge in [0, 0.05) is 24.2 Å². The minimum atomic E-state index is 0.329. The third-order valence-electron chi connectivity index (χ3n) is 7.74. The van der Waals surface area contributed by atoms with Gasteiger partial charge in [0.1, 0.15) is 6.67 Å². The van der Waals surface area contributed by atoms with Gasteiger partial charge in [0.2, 0.25) is 0 Å². The van der Waals surface area contributed by atoms with E-state index in [1.807, 2.05) is 0 Å². The summed E-state index contributed by atoms with van der Waals surface area (Å²) in [5.74, 6) is 0. The fraction of sp³-hybridized carbons (Fsp3) is 0.242. The van der Waals surface area contributed by atoms with Crippen molar-refractivity contribution in [2.75, 3.05) is 0 Å². The third kappa shape index (κ3) is 4.57. The molecule has 4 atom stereocenters. The van der Waals surface area contributed by atoms with E-state index in [1.54, 1.807) is 0 Å². The fourth-order valence-electron chi connectivity index (χ4n) is 6.04. The lowest BCUT2D eigenvalue weighted by Crippen LogP contribution is -2.35. The molecule has 6 rings (SSSR count). The Bertz CT molecular complexity index is 1000. The van der Waals surface area contributed by atoms with Crippen molar-refractivity contribution in [2.24, 2.45) is 0 Å². The number of hydrogen-bond acceptors (Lipinski definition) is 2. The Kier molecular flexibility index (Phi) is 6.49. The lowest BCUT2D eigenvalue weighted by molar-refractivity contribution is 0.113. The number of benzene rings is 4. The largest absolute Gasteiger partial charge is 0.265 e. The van der Waals surface area contributed by atoms with Crippen LogP contribution in [0.5, 0.6) is 0 Å². The van der Waals surface area contributed by atoms with Gasteiger partial charge in [-0.05, 0) is 47.9 Å². The lowest BCUT2D eigenvalue weighted by atomic mass is 10.0. The van der Waals surface area contributed by atoms with Gasteiger partial charge in [-0.3, -0.25) is 9.80 Å². The van der Waals surface area contributed by atoms with Gasteiger partial charge in [0.15, 0.2) is 0 Å². The van der Waals surface area contributed by atoms with Crippen LogP contribution in [0.4, 0.5) is 0 Å². The summed E-state index contributed by atoms with van der Waals surface area (Å²) < 4.78 is 0. The molecule has 0 bridgehead atoms. The first-order valence-electron chi connectivity index (χ1n) is 12.9. The minimum Gasteiger partial charge on any atom is -0.265 e. The molecule has 0 aromatic heterocycles. The number of hydrogen-bond donors (Lipinski definition) is 0. The zero-order valence-corrected chi connectivity index (χ0v) is 20.1. The fourth-order valence-corrected chi connectivity index (χ4v) is 6.04. The molecule has 2 aliphatic heterocycles. The van der Waals surface area contributed by atoms with Crippen molar-refractivity contribution in [3.05, 3.63) is 150 Å². The van der Waals surface area contributed by atoms with E-state index in [2.05, 4.69) is 138 Å². The molecule has 0 N–H and O–H groups in total. The molecule has 2 nitrogen and oxygen atoms in total. The molecule has 0 unspecified atom stereocenters. The first-order valence-corrected chi connectivity index (χ1v) is 12.9. The van der Waals surface area contributed by atoms with Gasteiger partial charge >= 0.3 is 0 Å². The van der Waals surface area contributed by atoms with E-state index in [9.17, 15) is 0 Å². The maximum absolute atomic E-state index is 4.04. The molecule has 2 heteroatoms. The molecule has 2 saturated heterocycles. The summed E-state index contributed by atoms with van der Waals surface area (Å²) in [7, 11) is 0. The zero-order valence-electron chi connectivity index (χ0n) is 20.1. The SMILES string of the molecule is [C](N1[C@H](c2ccccc2)CC[C@H]1c1ccccc1)N1[C@H](c2ccccc2)CC[C@H]1c1ccccc1. The highest BCUT2D eigenvalue weighted by atomic mass is 15.4. The summed E-state index contributed by atoms with van der Waals surface area (Å²) in [5, 5.41) is 0. The van der Waals surface area contributed by atoms with E-state index in [1.165, 1.54) is 22.3 Å². The zero-order chi connectivity index (χ0) is 23.5. The average Bonchev–Trinajstić information content (AvgIpc) is 3.55. The first-order chi connectivity index (χ1) is 17.4. The maximum atomic E-state index is 4.04. The van der Waals surface area contributed by atoms with Gasteiger partial charge < -0.3 is 0 Å². The predicted octanol–water partition coefficient (Wildman–Crippen LogP) is 8.14. The van der Waals surface area contributed by atoms with Crippen LogP contribution in [0.15, 0.2) is 121 Å². The monoisotopic (exact) mass is 456 g/mol. The smallest absolute Gasteiger partial charge is 0.148 e. The van der Waals surface area contributed by atoms with Crippen molar-refractivity contribution < 1.29 is 0 Å². The topological polar surface area (TPSA) is 6.48 Å². The highest BCUT2D eigenvalue weighted by Gasteiger charge is 2.42. The van der Waals surface area contributed by atoms with E-state index < -0.39 is 0 Å². The molecule has 174 valence electrons. The van der Waals surface area contributed by atoms with E-state index in [-0.39, 0.29) is 0 Å². The Labute approximate surface area is 209 Å². The second-order valence-electron chi connectivity index (χ2n) is 9.78. The maximum Gasteiger partial charge on any atom is 0.148 e. The van der Waals surface area contributed by atoms with Gasteiger partial charge in [-0.25, -0.2) is 0 Å². The van der Waals surface area contributed by atoms with E-state index in [0.717, 1.165) is 25.7 Å². The van der Waals surface area contributed by atoms with Crippen LogP contribution in [0.3, 0.4) is 0 Å². The summed E-state index contributed by atoms with van der Waals surface area (Å²) in [6.45, 7) is 4.04. The first kappa shape index (κ1) is 22.3. The molecule has 2 heterocycles. The van der Waals surface area contributed by atoms with E-state index >= 15 is 0 Å². The molecule has 0 aliphatic carbocycles. The quantitative estimate of drug-likeness (QED) is 0.289. The molecule has 4 aromatic carbocycles. The standard InChI is InChI=1S/C33H32N2/c1-5-13-26(14-6-1)30-21-22-31(27-15-7-2-8-16-27)34(30)25-35-32(28-17-9-3-10-18-28)23-24-33(35)29-19-11-4-12-20-29/h1-20,30-33H,21-24H2/t30-,31-,32-,33-/m0/s1. The van der Waals surface area contributed by atoms with E-state index in [0.29, 0.717) is 24.2 Å². The number of nitrogens with zero attached hydrogens (tertiary/aromatic N) is 2. The Balaban J connectivity index is 1.39. The normalized spacial score (nSPS) is 25.1. The van der Waals surface area contributed by atoms with Crippen molar-refractivity contribution in [2.45, 2.75) is 49.9 Å². The summed E-state index contributed by atoms with van der Waals surface area (Å²) in [4.78, 5) is 5.09. The van der Waals surface area contributed by atoms with Crippen LogP contribution >= 0.6 is 0 Å². The molecular weight excluding hydrogens is 424 g/mol. The van der Waals surface area contributed by atoms with Crippen LogP contribution in [-0.2, 0) is 0 Å². The minimum absolute atomic E-state index is 0.329. The second kappa shape index (κ2) is 10.2. The van der Waals surface area contributed by atoms with Crippen LogP contribution in [0.2, 0.25) is 0 Å². The molecule has 2 fully saturated rings. The van der Waals surface area contributed by atoms with Crippen molar-refractivity contribution in [1.82, 2.24) is 9.80 Å². The predicted molar refractivity (Wildman–Crippen MR) is 142 cm³/mol. The Morgan fingerprint density at radius 3 is 0.829 bits per heavy atom. The molecule has 0 saturated carbocycles. The summed E-state index contributed by atoms with van der Waals surface area (Å²) in [5.41, 5.74) is 5.52. The highest BCUT2D eigenvalue weighted by molar-refractivity contribution is 5.29. The van der Waals surface area contributed by atoms with Gasteiger partial charge in [-0.15, -0.1) is 0 Å². The Hall–Kier alpha value is -3.20. The van der Waals surface area contributed by atoms with Crippen molar-refractivity contribution in [3.8, 4) is 0 Å². The van der Waals surface area contributed by atoms with Crippen molar-refractivity contribution in [3.63, 3.8) is 0 Å². The third-order valence-corrected chi connectivity index (χ3v) is 7.74. The van der Waals surface area contributed by atoms with Gasteiger partial charge in [-0.2, -0.15) is 0 Å². The molecule has 35 heavy (non-hydrogen) atoms.